The van der Waals surface area contributed by atoms with Gasteiger partial charge in [0.25, 0.3) is 0 Å². The first kappa shape index (κ1) is 22.6. The van der Waals surface area contributed by atoms with E-state index in [4.69, 9.17) is 24.9 Å². The van der Waals surface area contributed by atoms with Gasteiger partial charge in [0.2, 0.25) is 0 Å². The summed E-state index contributed by atoms with van der Waals surface area (Å²) in [6.45, 7) is 4.86. The first-order chi connectivity index (χ1) is 4.88. The summed E-state index contributed by atoms with van der Waals surface area (Å²) in [5.41, 5.74) is 0. The molecule has 0 aliphatic heterocycles. The summed E-state index contributed by atoms with van der Waals surface area (Å²) >= 11 is 0. The second-order valence-electron chi connectivity index (χ2n) is 1.17. The number of hydrogen-bond donors (Lipinski definition) is 1. The molecule has 66 valence electrons. The van der Waals surface area contributed by atoms with Crippen molar-refractivity contribution in [1.82, 2.24) is 0 Å². The molecular formula is C6H10CaO5. The quantitative estimate of drug-likeness (QED) is 0.355. The standard InChI is InChI=1S/2C2H4O2.C2H4O.Ca/c2*1-2(3)4;1-2-3;/h2*1H3,(H,3,4);2-3H,1H2;/q;;;+2/p-2. The Balaban J connectivity index is -0.0000000389. The van der Waals surface area contributed by atoms with Crippen molar-refractivity contribution in [3.63, 3.8) is 0 Å². The Labute approximate surface area is 101 Å². The van der Waals surface area contributed by atoms with E-state index in [-0.39, 0.29) is 37.7 Å². The maximum absolute atomic E-state index is 8.89. The molecule has 0 spiro atoms. The van der Waals surface area contributed by atoms with E-state index in [2.05, 4.69) is 6.58 Å². The zero-order chi connectivity index (χ0) is 9.86. The minimum Gasteiger partial charge on any atom is -0.550 e. The fourth-order valence-electron chi connectivity index (χ4n) is 0. The molecule has 0 amide bonds. The van der Waals surface area contributed by atoms with Crippen LogP contribution >= 0.6 is 0 Å². The predicted molar refractivity (Wildman–Crippen MR) is 39.9 cm³/mol. The van der Waals surface area contributed by atoms with Crippen LogP contribution in [0.1, 0.15) is 13.8 Å². The van der Waals surface area contributed by atoms with Crippen molar-refractivity contribution in [2.24, 2.45) is 0 Å². The number of carbonyl (C=O) groups excluding carboxylic acids is 2. The van der Waals surface area contributed by atoms with Gasteiger partial charge in [-0.25, -0.2) is 0 Å². The molecule has 0 aromatic carbocycles. The first-order valence-corrected chi connectivity index (χ1v) is 2.48. The summed E-state index contributed by atoms with van der Waals surface area (Å²) in [7, 11) is 0. The topological polar surface area (TPSA) is 100 Å². The van der Waals surface area contributed by atoms with Gasteiger partial charge in [-0.1, -0.05) is 6.58 Å². The van der Waals surface area contributed by atoms with Crippen LogP contribution in [-0.2, 0) is 9.59 Å². The van der Waals surface area contributed by atoms with Crippen LogP contribution in [0.25, 0.3) is 0 Å². The predicted octanol–water partition coefficient (Wildman–Crippen LogP) is -2.18. The number of carbonyl (C=O) groups is 2. The Hall–Kier alpha value is -0.260. The minimum atomic E-state index is -1.08. The summed E-state index contributed by atoms with van der Waals surface area (Å²) in [6, 6.07) is 0. The van der Waals surface area contributed by atoms with Crippen molar-refractivity contribution in [2.75, 3.05) is 0 Å². The van der Waals surface area contributed by atoms with E-state index in [1.807, 2.05) is 0 Å². The van der Waals surface area contributed by atoms with Crippen molar-refractivity contribution in [3.05, 3.63) is 12.8 Å². The molecule has 0 aromatic rings. The van der Waals surface area contributed by atoms with E-state index < -0.39 is 11.9 Å². The molecule has 0 bridgehead atoms. The molecule has 0 aliphatic carbocycles. The van der Waals surface area contributed by atoms with Crippen molar-refractivity contribution < 1.29 is 24.9 Å². The molecule has 0 heterocycles. The third-order valence-electron chi connectivity index (χ3n) is 0. The van der Waals surface area contributed by atoms with E-state index >= 15 is 0 Å². The van der Waals surface area contributed by atoms with Crippen molar-refractivity contribution in [1.29, 1.82) is 0 Å². The maximum atomic E-state index is 8.89. The minimum absolute atomic E-state index is 0. The number of aliphatic hydroxyl groups is 1. The number of carboxylic acid groups (broad SMARTS) is 2. The second-order valence-corrected chi connectivity index (χ2v) is 1.17. The third kappa shape index (κ3) is 11000. The molecule has 0 aromatic heterocycles. The van der Waals surface area contributed by atoms with E-state index in [1.54, 1.807) is 0 Å². The molecule has 1 N–H and O–H groups in total. The van der Waals surface area contributed by atoms with Crippen molar-refractivity contribution >= 4 is 49.7 Å². The maximum Gasteiger partial charge on any atom is 2.00 e. The summed E-state index contributed by atoms with van der Waals surface area (Å²) in [4.78, 5) is 17.8. The molecule has 0 rings (SSSR count). The van der Waals surface area contributed by atoms with Gasteiger partial charge in [0.05, 0.1) is 6.26 Å². The fraction of sp³-hybridized carbons (Fsp3) is 0.333. The van der Waals surface area contributed by atoms with E-state index in [0.29, 0.717) is 0 Å². The van der Waals surface area contributed by atoms with Gasteiger partial charge in [-0.15, -0.1) is 0 Å². The number of aliphatic hydroxyl groups excluding tert-OH is 1. The van der Waals surface area contributed by atoms with Crippen LogP contribution < -0.4 is 10.2 Å². The average Bonchev–Trinajstić information content (AvgIpc) is 1.60. The van der Waals surface area contributed by atoms with Gasteiger partial charge in [0.15, 0.2) is 0 Å². The molecule has 0 saturated carbocycles. The van der Waals surface area contributed by atoms with Crippen molar-refractivity contribution in [2.45, 2.75) is 13.8 Å². The van der Waals surface area contributed by atoms with Crippen LogP contribution in [0.15, 0.2) is 12.8 Å². The number of rotatable bonds is 0. The third-order valence-corrected chi connectivity index (χ3v) is 0. The van der Waals surface area contributed by atoms with Gasteiger partial charge in [-0.2, -0.15) is 0 Å². The summed E-state index contributed by atoms with van der Waals surface area (Å²) in [6.07, 6.45) is 0.750. The average molecular weight is 202 g/mol. The van der Waals surface area contributed by atoms with Crippen LogP contribution in [0.4, 0.5) is 0 Å². The molecule has 0 fully saturated rings. The summed E-state index contributed by atoms with van der Waals surface area (Å²) in [5.74, 6) is -2.17. The molecule has 0 radical (unpaired) electrons. The molecule has 0 aliphatic rings. The van der Waals surface area contributed by atoms with Gasteiger partial charge in [0, 0.05) is 11.9 Å². The Bertz CT molecular complexity index is 103. The Kier molecular flexibility index (Phi) is 42.2. The molecule has 0 atom stereocenters. The van der Waals surface area contributed by atoms with Crippen molar-refractivity contribution in [3.8, 4) is 0 Å². The smallest absolute Gasteiger partial charge is 0.550 e. The van der Waals surface area contributed by atoms with Gasteiger partial charge >= 0.3 is 37.7 Å². The SMILES string of the molecule is C=CO.CC(=O)[O-].CC(=O)[O-].[Ca+2]. The first-order valence-electron chi connectivity index (χ1n) is 2.48. The number of hydrogen-bond acceptors (Lipinski definition) is 5. The van der Waals surface area contributed by atoms with Gasteiger partial charge < -0.3 is 24.9 Å². The Morgan fingerprint density at radius 2 is 1.25 bits per heavy atom. The normalized spacial score (nSPS) is 5.17. The van der Waals surface area contributed by atoms with Crippen LogP contribution in [0.3, 0.4) is 0 Å². The monoisotopic (exact) mass is 202 g/mol. The Morgan fingerprint density at radius 1 is 1.25 bits per heavy atom. The summed E-state index contributed by atoms with van der Waals surface area (Å²) in [5, 5.41) is 25.1. The molecule has 5 nitrogen and oxygen atoms in total. The number of aliphatic carboxylic acids is 2. The van der Waals surface area contributed by atoms with Gasteiger partial charge in [0.1, 0.15) is 0 Å². The second kappa shape index (κ2) is 22.4. The van der Waals surface area contributed by atoms with E-state index in [0.717, 1.165) is 20.1 Å². The molecule has 0 unspecified atom stereocenters. The molecule has 0 saturated heterocycles. The largest absolute Gasteiger partial charge is 2.00 e. The Morgan fingerprint density at radius 3 is 1.25 bits per heavy atom. The fourth-order valence-corrected chi connectivity index (χ4v) is 0. The number of carboxylic acids is 2. The zero-order valence-electron chi connectivity index (χ0n) is 7.07. The molecular weight excluding hydrogens is 192 g/mol. The summed E-state index contributed by atoms with van der Waals surface area (Å²) < 4.78 is 0. The molecule has 6 heteroatoms. The van der Waals surface area contributed by atoms with E-state index in [9.17, 15) is 0 Å². The van der Waals surface area contributed by atoms with Crippen LogP contribution in [0, 0.1) is 0 Å². The van der Waals surface area contributed by atoms with Crippen LogP contribution in [0.5, 0.6) is 0 Å². The van der Waals surface area contributed by atoms with Gasteiger partial charge in [-0.3, -0.25) is 0 Å². The molecule has 12 heavy (non-hydrogen) atoms. The zero-order valence-corrected chi connectivity index (χ0v) is 9.28. The van der Waals surface area contributed by atoms with Crippen LogP contribution in [0.2, 0.25) is 0 Å². The van der Waals surface area contributed by atoms with Gasteiger partial charge in [-0.05, 0) is 13.8 Å². The van der Waals surface area contributed by atoms with E-state index in [1.165, 1.54) is 0 Å². The van der Waals surface area contributed by atoms with Crippen LogP contribution in [-0.4, -0.2) is 54.8 Å².